The molecule has 1 fully saturated rings. The molecule has 1 aromatic heterocycles. The number of nitrogen functional groups attached to an aromatic ring is 1. The number of H-pyrrole nitrogens is 1. The van der Waals surface area contributed by atoms with Crippen LogP contribution < -0.4 is 22.3 Å². The normalized spacial score (nSPS) is 17.6. The summed E-state index contributed by atoms with van der Waals surface area (Å²) >= 11 is 0. The van der Waals surface area contributed by atoms with E-state index in [0.29, 0.717) is 39.0 Å². The summed E-state index contributed by atoms with van der Waals surface area (Å²) in [4.78, 5) is 26.1. The molecular formula is C13H22N4O4. The molecule has 8 heteroatoms. The Morgan fingerprint density at radius 1 is 1.43 bits per heavy atom. The van der Waals surface area contributed by atoms with E-state index in [2.05, 4.69) is 10.3 Å². The lowest BCUT2D eigenvalue weighted by atomic mass is 9.91. The van der Waals surface area contributed by atoms with Crippen molar-refractivity contribution in [1.29, 1.82) is 0 Å². The SMILES string of the molecule is CCCn1c(N)c(NC2(CO)CCOCC2)c(=O)[nH]c1=O. The number of hydrogen-bond donors (Lipinski definition) is 4. The van der Waals surface area contributed by atoms with Crippen molar-refractivity contribution in [2.24, 2.45) is 0 Å². The minimum Gasteiger partial charge on any atom is -0.394 e. The van der Waals surface area contributed by atoms with E-state index in [1.54, 1.807) is 0 Å². The summed E-state index contributed by atoms with van der Waals surface area (Å²) in [5, 5.41) is 12.7. The predicted octanol–water partition coefficient (Wildman–Crippen LogP) is -0.518. The quantitative estimate of drug-likeness (QED) is 0.580. The number of anilines is 2. The van der Waals surface area contributed by atoms with Crippen LogP contribution in [0.25, 0.3) is 0 Å². The number of aliphatic hydroxyl groups is 1. The number of nitrogens with two attached hydrogens (primary N) is 1. The molecule has 2 heterocycles. The first-order chi connectivity index (χ1) is 10.0. The molecule has 0 aliphatic carbocycles. The molecule has 1 saturated heterocycles. The number of nitrogens with zero attached hydrogens (tertiary/aromatic N) is 1. The zero-order valence-corrected chi connectivity index (χ0v) is 12.1. The molecule has 0 radical (unpaired) electrons. The molecule has 1 aliphatic rings. The third kappa shape index (κ3) is 3.11. The Bertz CT molecular complexity index is 601. The van der Waals surface area contributed by atoms with E-state index in [1.165, 1.54) is 4.57 Å². The van der Waals surface area contributed by atoms with Gasteiger partial charge in [0.05, 0.1) is 12.1 Å². The van der Waals surface area contributed by atoms with Crippen molar-refractivity contribution in [1.82, 2.24) is 9.55 Å². The van der Waals surface area contributed by atoms with Crippen LogP contribution in [0.3, 0.4) is 0 Å². The number of ether oxygens (including phenoxy) is 1. The van der Waals surface area contributed by atoms with Crippen molar-refractivity contribution >= 4 is 11.5 Å². The molecule has 8 nitrogen and oxygen atoms in total. The Hall–Kier alpha value is -1.80. The molecule has 0 bridgehead atoms. The average molecular weight is 298 g/mol. The highest BCUT2D eigenvalue weighted by Crippen LogP contribution is 2.26. The molecule has 0 saturated carbocycles. The molecular weight excluding hydrogens is 276 g/mol. The Morgan fingerprint density at radius 2 is 2.10 bits per heavy atom. The number of hydrogen-bond acceptors (Lipinski definition) is 6. The first-order valence-corrected chi connectivity index (χ1v) is 7.12. The van der Waals surface area contributed by atoms with Crippen LogP contribution >= 0.6 is 0 Å². The van der Waals surface area contributed by atoms with Crippen molar-refractivity contribution in [3.8, 4) is 0 Å². The topological polar surface area (TPSA) is 122 Å². The highest BCUT2D eigenvalue weighted by atomic mass is 16.5. The number of aromatic nitrogens is 2. The van der Waals surface area contributed by atoms with Gasteiger partial charge >= 0.3 is 5.69 Å². The highest BCUT2D eigenvalue weighted by Gasteiger charge is 2.33. The van der Waals surface area contributed by atoms with Crippen LogP contribution in [0.15, 0.2) is 9.59 Å². The molecule has 0 spiro atoms. The molecule has 1 aliphatic heterocycles. The van der Waals surface area contributed by atoms with E-state index >= 15 is 0 Å². The zero-order valence-electron chi connectivity index (χ0n) is 12.1. The average Bonchev–Trinajstić information content (AvgIpc) is 2.49. The molecule has 0 amide bonds. The van der Waals surface area contributed by atoms with E-state index in [1.807, 2.05) is 6.92 Å². The monoisotopic (exact) mass is 298 g/mol. The van der Waals surface area contributed by atoms with Gasteiger partial charge in [-0.25, -0.2) is 4.79 Å². The van der Waals surface area contributed by atoms with Crippen LogP contribution in [0, 0.1) is 0 Å². The van der Waals surface area contributed by atoms with Gasteiger partial charge in [0, 0.05) is 19.8 Å². The molecule has 2 rings (SSSR count). The van der Waals surface area contributed by atoms with Gasteiger partial charge in [0.15, 0.2) is 0 Å². The first-order valence-electron chi connectivity index (χ1n) is 7.12. The van der Waals surface area contributed by atoms with E-state index in [9.17, 15) is 14.7 Å². The fourth-order valence-electron chi connectivity index (χ4n) is 2.50. The summed E-state index contributed by atoms with van der Waals surface area (Å²) in [5.41, 5.74) is 4.38. The number of aromatic amines is 1. The fraction of sp³-hybridized carbons (Fsp3) is 0.692. The van der Waals surface area contributed by atoms with E-state index in [-0.39, 0.29) is 18.1 Å². The summed E-state index contributed by atoms with van der Waals surface area (Å²) in [7, 11) is 0. The number of rotatable bonds is 5. The first kappa shape index (κ1) is 15.6. The van der Waals surface area contributed by atoms with Gasteiger partial charge in [-0.05, 0) is 19.3 Å². The van der Waals surface area contributed by atoms with Gasteiger partial charge in [0.1, 0.15) is 11.5 Å². The molecule has 21 heavy (non-hydrogen) atoms. The van der Waals surface area contributed by atoms with E-state index in [0.717, 1.165) is 0 Å². The fourth-order valence-corrected chi connectivity index (χ4v) is 2.50. The Labute approximate surface area is 121 Å². The van der Waals surface area contributed by atoms with Crippen molar-refractivity contribution in [2.45, 2.75) is 38.3 Å². The van der Waals surface area contributed by atoms with Crippen molar-refractivity contribution < 1.29 is 9.84 Å². The number of aliphatic hydroxyl groups excluding tert-OH is 1. The second-order valence-corrected chi connectivity index (χ2v) is 5.35. The van der Waals surface area contributed by atoms with Crippen LogP contribution in [0.5, 0.6) is 0 Å². The van der Waals surface area contributed by atoms with Crippen molar-refractivity contribution in [2.75, 3.05) is 30.9 Å². The van der Waals surface area contributed by atoms with E-state index < -0.39 is 16.8 Å². The van der Waals surface area contributed by atoms with Crippen LogP contribution in [0.4, 0.5) is 11.5 Å². The molecule has 0 atom stereocenters. The second-order valence-electron chi connectivity index (χ2n) is 5.35. The smallest absolute Gasteiger partial charge is 0.330 e. The van der Waals surface area contributed by atoms with Gasteiger partial charge in [-0.3, -0.25) is 14.3 Å². The van der Waals surface area contributed by atoms with Crippen molar-refractivity contribution in [3.63, 3.8) is 0 Å². The van der Waals surface area contributed by atoms with Gasteiger partial charge < -0.3 is 20.9 Å². The second kappa shape index (κ2) is 6.31. The maximum absolute atomic E-state index is 12.0. The summed E-state index contributed by atoms with van der Waals surface area (Å²) in [5.74, 6) is 0.102. The molecule has 0 aromatic carbocycles. The summed E-state index contributed by atoms with van der Waals surface area (Å²) in [6.45, 7) is 3.20. The van der Waals surface area contributed by atoms with Crippen molar-refractivity contribution in [3.05, 3.63) is 20.8 Å². The van der Waals surface area contributed by atoms with Crippen LogP contribution in [-0.2, 0) is 11.3 Å². The molecule has 5 N–H and O–H groups in total. The maximum Gasteiger partial charge on any atom is 0.330 e. The third-order valence-corrected chi connectivity index (χ3v) is 3.83. The Kier molecular flexibility index (Phi) is 4.69. The molecule has 118 valence electrons. The summed E-state index contributed by atoms with van der Waals surface area (Å²) in [6, 6.07) is 0. The zero-order chi connectivity index (χ0) is 15.5. The predicted molar refractivity (Wildman–Crippen MR) is 79.5 cm³/mol. The summed E-state index contributed by atoms with van der Waals surface area (Å²) in [6.07, 6.45) is 1.85. The maximum atomic E-state index is 12.0. The van der Waals surface area contributed by atoms with E-state index in [4.69, 9.17) is 10.5 Å². The standard InChI is InChI=1S/C13H22N4O4/c1-2-5-17-10(14)9(11(19)15-12(17)20)16-13(8-18)3-6-21-7-4-13/h16,18H,2-8,14H2,1H3,(H,15,19,20). The Balaban J connectivity index is 2.41. The summed E-state index contributed by atoms with van der Waals surface area (Å²) < 4.78 is 6.61. The van der Waals surface area contributed by atoms with Crippen LogP contribution in [-0.4, -0.2) is 40.0 Å². The van der Waals surface area contributed by atoms with Gasteiger partial charge in [-0.1, -0.05) is 6.92 Å². The minimum absolute atomic E-state index is 0.102. The lowest BCUT2D eigenvalue weighted by Gasteiger charge is -2.37. The minimum atomic E-state index is -0.645. The van der Waals surface area contributed by atoms with Gasteiger partial charge in [0.2, 0.25) is 0 Å². The molecule has 1 aromatic rings. The van der Waals surface area contributed by atoms with Crippen LogP contribution in [0.2, 0.25) is 0 Å². The lowest BCUT2D eigenvalue weighted by Crippen LogP contribution is -2.49. The van der Waals surface area contributed by atoms with Gasteiger partial charge in [0.25, 0.3) is 5.56 Å². The Morgan fingerprint density at radius 3 is 2.67 bits per heavy atom. The van der Waals surface area contributed by atoms with Gasteiger partial charge in [-0.15, -0.1) is 0 Å². The third-order valence-electron chi connectivity index (χ3n) is 3.83. The number of nitrogens with one attached hydrogen (secondary N) is 2. The lowest BCUT2D eigenvalue weighted by molar-refractivity contribution is 0.0379. The molecule has 0 unspecified atom stereocenters. The highest BCUT2D eigenvalue weighted by molar-refractivity contribution is 5.61. The largest absolute Gasteiger partial charge is 0.394 e. The van der Waals surface area contributed by atoms with Crippen LogP contribution in [0.1, 0.15) is 26.2 Å². The van der Waals surface area contributed by atoms with Gasteiger partial charge in [-0.2, -0.15) is 0 Å².